The fraction of sp³-hybridized carbons (Fsp3) is 0.462. The van der Waals surface area contributed by atoms with Gasteiger partial charge in [-0.25, -0.2) is 0 Å². The molecule has 0 bridgehead atoms. The van der Waals surface area contributed by atoms with Gasteiger partial charge in [-0.15, -0.1) is 11.8 Å². The minimum absolute atomic E-state index is 0.0242. The molecule has 0 amide bonds. The van der Waals surface area contributed by atoms with Crippen LogP contribution in [0.2, 0.25) is 0 Å². The zero-order chi connectivity index (χ0) is 17.1. The summed E-state index contributed by atoms with van der Waals surface area (Å²) in [4.78, 5) is 21.5. The quantitative estimate of drug-likeness (QED) is 0.359. The Bertz CT molecular complexity index is 582. The van der Waals surface area contributed by atoms with Crippen LogP contribution in [0.1, 0.15) is 26.3 Å². The van der Waals surface area contributed by atoms with E-state index in [4.69, 9.17) is 4.74 Å². The summed E-state index contributed by atoms with van der Waals surface area (Å²) in [7, 11) is 0. The maximum Gasteiger partial charge on any atom is 0.416 e. The summed E-state index contributed by atoms with van der Waals surface area (Å²) in [6, 6.07) is 2.18. The average Bonchev–Trinajstić information content (AvgIpc) is 2.32. The normalized spacial score (nSPS) is 12.1. The summed E-state index contributed by atoms with van der Waals surface area (Å²) in [5.41, 5.74) is -2.51. The van der Waals surface area contributed by atoms with Crippen molar-refractivity contribution < 1.29 is 27.6 Å². The second-order valence-corrected chi connectivity index (χ2v) is 6.33. The number of rotatable bonds is 4. The number of alkyl halides is 3. The third-order valence-electron chi connectivity index (χ3n) is 2.25. The summed E-state index contributed by atoms with van der Waals surface area (Å²) in [6.07, 6.45) is -4.67. The van der Waals surface area contributed by atoms with Crippen LogP contribution in [0.15, 0.2) is 23.1 Å². The minimum Gasteiger partial charge on any atom is -0.459 e. The number of ether oxygens (including phenoxy) is 1. The van der Waals surface area contributed by atoms with E-state index in [2.05, 4.69) is 0 Å². The van der Waals surface area contributed by atoms with Crippen LogP contribution >= 0.6 is 11.8 Å². The lowest BCUT2D eigenvalue weighted by Gasteiger charge is -2.19. The highest BCUT2D eigenvalue weighted by Crippen LogP contribution is 2.36. The zero-order valence-corrected chi connectivity index (χ0v) is 12.9. The molecule has 0 fully saturated rings. The third kappa shape index (κ3) is 5.55. The minimum atomic E-state index is -4.67. The second-order valence-electron chi connectivity index (χ2n) is 5.31. The lowest BCUT2D eigenvalue weighted by atomic mass is 10.2. The van der Waals surface area contributed by atoms with Gasteiger partial charge in [0.2, 0.25) is 0 Å². The van der Waals surface area contributed by atoms with Crippen molar-refractivity contribution in [2.45, 2.75) is 37.4 Å². The molecule has 0 aliphatic rings. The number of nitro benzene ring substituents is 1. The molecule has 0 radical (unpaired) electrons. The average molecular weight is 337 g/mol. The monoisotopic (exact) mass is 337 g/mol. The van der Waals surface area contributed by atoms with Crippen LogP contribution in [0.3, 0.4) is 0 Å². The molecule has 9 heteroatoms. The lowest BCUT2D eigenvalue weighted by molar-refractivity contribution is -0.388. The van der Waals surface area contributed by atoms with E-state index < -0.39 is 33.9 Å². The molecule has 1 aromatic rings. The molecule has 0 saturated carbocycles. The highest BCUT2D eigenvalue weighted by atomic mass is 32.2. The summed E-state index contributed by atoms with van der Waals surface area (Å²) >= 11 is 0.760. The van der Waals surface area contributed by atoms with E-state index in [0.717, 1.165) is 23.9 Å². The van der Waals surface area contributed by atoms with E-state index in [1.54, 1.807) is 20.8 Å². The molecular weight excluding hydrogens is 323 g/mol. The molecule has 1 aromatic carbocycles. The van der Waals surface area contributed by atoms with Crippen molar-refractivity contribution in [3.05, 3.63) is 33.9 Å². The van der Waals surface area contributed by atoms with E-state index in [1.807, 2.05) is 0 Å². The molecule has 122 valence electrons. The molecule has 22 heavy (non-hydrogen) atoms. The van der Waals surface area contributed by atoms with Gasteiger partial charge in [-0.1, -0.05) is 0 Å². The van der Waals surface area contributed by atoms with Gasteiger partial charge in [0.25, 0.3) is 5.69 Å². The van der Waals surface area contributed by atoms with Gasteiger partial charge in [-0.2, -0.15) is 13.2 Å². The maximum atomic E-state index is 12.6. The second kappa shape index (κ2) is 6.55. The van der Waals surface area contributed by atoms with Gasteiger partial charge in [0.05, 0.1) is 21.1 Å². The SMILES string of the molecule is CC(C)(C)OC(=O)CSc1ccc(C(F)(F)F)cc1[N+](=O)[O-]. The van der Waals surface area contributed by atoms with Gasteiger partial charge in [0.1, 0.15) is 5.60 Å². The van der Waals surface area contributed by atoms with Gasteiger partial charge < -0.3 is 4.74 Å². The first kappa shape index (κ1) is 18.3. The molecule has 0 aliphatic heterocycles. The van der Waals surface area contributed by atoms with Crippen molar-refractivity contribution in [1.82, 2.24) is 0 Å². The molecule has 0 aromatic heterocycles. The topological polar surface area (TPSA) is 69.4 Å². The predicted octanol–water partition coefficient (Wildman–Crippen LogP) is 4.05. The number of carbonyl (C=O) groups is 1. The Hall–Kier alpha value is -1.77. The highest BCUT2D eigenvalue weighted by molar-refractivity contribution is 8.00. The summed E-state index contributed by atoms with van der Waals surface area (Å²) in [5.74, 6) is -0.838. The van der Waals surface area contributed by atoms with Crippen molar-refractivity contribution >= 4 is 23.4 Å². The van der Waals surface area contributed by atoms with Crippen LogP contribution in [0.4, 0.5) is 18.9 Å². The number of carbonyl (C=O) groups excluding carboxylic acids is 1. The van der Waals surface area contributed by atoms with E-state index in [9.17, 15) is 28.1 Å². The van der Waals surface area contributed by atoms with Gasteiger partial charge in [0.15, 0.2) is 0 Å². The molecular formula is C13H14F3NO4S. The number of hydrogen-bond acceptors (Lipinski definition) is 5. The van der Waals surface area contributed by atoms with Gasteiger partial charge in [-0.3, -0.25) is 14.9 Å². The Labute approximate surface area is 129 Å². The van der Waals surface area contributed by atoms with Crippen LogP contribution < -0.4 is 0 Å². The molecule has 0 spiro atoms. The Kier molecular flexibility index (Phi) is 5.44. The van der Waals surface area contributed by atoms with Crippen molar-refractivity contribution in [3.63, 3.8) is 0 Å². The number of thioether (sulfide) groups is 1. The standard InChI is InChI=1S/C13H14F3NO4S/c1-12(2,3)21-11(18)7-22-10-5-4-8(13(14,15)16)6-9(10)17(19)20/h4-6H,7H2,1-3H3. The Morgan fingerprint density at radius 1 is 1.32 bits per heavy atom. The van der Waals surface area contributed by atoms with E-state index >= 15 is 0 Å². The molecule has 0 saturated heterocycles. The molecule has 0 aliphatic carbocycles. The fourth-order valence-corrected chi connectivity index (χ4v) is 2.24. The van der Waals surface area contributed by atoms with Crippen molar-refractivity contribution in [2.24, 2.45) is 0 Å². The number of nitrogens with zero attached hydrogens (tertiary/aromatic N) is 1. The van der Waals surface area contributed by atoms with E-state index in [0.29, 0.717) is 6.07 Å². The molecule has 1 rings (SSSR count). The van der Waals surface area contributed by atoms with Gasteiger partial charge in [-0.05, 0) is 32.9 Å². The molecule has 5 nitrogen and oxygen atoms in total. The number of nitro groups is 1. The lowest BCUT2D eigenvalue weighted by Crippen LogP contribution is -2.24. The van der Waals surface area contributed by atoms with Crippen LogP contribution in [0, 0.1) is 10.1 Å². The maximum absolute atomic E-state index is 12.6. The van der Waals surface area contributed by atoms with Gasteiger partial charge in [0, 0.05) is 6.07 Å². The number of esters is 1. The van der Waals surface area contributed by atoms with Crippen LogP contribution in [0.5, 0.6) is 0 Å². The Morgan fingerprint density at radius 3 is 2.36 bits per heavy atom. The zero-order valence-electron chi connectivity index (χ0n) is 12.1. The molecule has 0 unspecified atom stereocenters. The number of benzene rings is 1. The van der Waals surface area contributed by atoms with Gasteiger partial charge >= 0.3 is 12.1 Å². The van der Waals surface area contributed by atoms with Crippen LogP contribution in [0.25, 0.3) is 0 Å². The summed E-state index contributed by atoms with van der Waals surface area (Å²) < 4.78 is 42.7. The fourth-order valence-electron chi connectivity index (χ4n) is 1.47. The van der Waals surface area contributed by atoms with E-state index in [-0.39, 0.29) is 10.6 Å². The Morgan fingerprint density at radius 2 is 1.91 bits per heavy atom. The highest BCUT2D eigenvalue weighted by Gasteiger charge is 2.33. The van der Waals surface area contributed by atoms with Crippen molar-refractivity contribution in [3.8, 4) is 0 Å². The molecule has 0 heterocycles. The first-order valence-electron chi connectivity index (χ1n) is 6.10. The first-order chi connectivity index (χ1) is 9.90. The third-order valence-corrected chi connectivity index (χ3v) is 3.28. The van der Waals surface area contributed by atoms with Crippen molar-refractivity contribution in [1.29, 1.82) is 0 Å². The summed E-state index contributed by atoms with van der Waals surface area (Å²) in [6.45, 7) is 4.99. The number of hydrogen-bond donors (Lipinski definition) is 0. The van der Waals surface area contributed by atoms with Crippen LogP contribution in [-0.4, -0.2) is 22.2 Å². The predicted molar refractivity (Wildman–Crippen MR) is 74.7 cm³/mol. The summed E-state index contributed by atoms with van der Waals surface area (Å²) in [5, 5.41) is 10.9. The van der Waals surface area contributed by atoms with E-state index in [1.165, 1.54) is 0 Å². The largest absolute Gasteiger partial charge is 0.459 e. The first-order valence-corrected chi connectivity index (χ1v) is 7.09. The smallest absolute Gasteiger partial charge is 0.416 e. The van der Waals surface area contributed by atoms with Crippen LogP contribution in [-0.2, 0) is 15.7 Å². The molecule has 0 N–H and O–H groups in total. The van der Waals surface area contributed by atoms with Crippen molar-refractivity contribution in [2.75, 3.05) is 5.75 Å². The molecule has 0 atom stereocenters. The number of halogens is 3. The Balaban J connectivity index is 2.92.